The summed E-state index contributed by atoms with van der Waals surface area (Å²) in [6.07, 6.45) is 0. The second-order valence-electron chi connectivity index (χ2n) is 4.35. The van der Waals surface area contributed by atoms with Gasteiger partial charge < -0.3 is 5.32 Å². The summed E-state index contributed by atoms with van der Waals surface area (Å²) < 4.78 is 0. The fourth-order valence-electron chi connectivity index (χ4n) is 1.32. The summed E-state index contributed by atoms with van der Waals surface area (Å²) in [6.45, 7) is 4.85. The monoisotopic (exact) mass is 265 g/mol. The van der Waals surface area contributed by atoms with Crippen LogP contribution in [0.25, 0.3) is 11.4 Å². The van der Waals surface area contributed by atoms with Crippen molar-refractivity contribution in [1.29, 1.82) is 0 Å². The molecule has 0 aliphatic heterocycles. The third-order valence-electron chi connectivity index (χ3n) is 2.22. The van der Waals surface area contributed by atoms with Crippen molar-refractivity contribution in [2.24, 2.45) is 5.92 Å². The summed E-state index contributed by atoms with van der Waals surface area (Å²) in [5.74, 6) is 0.880. The summed E-state index contributed by atoms with van der Waals surface area (Å²) in [5, 5.41) is 18.6. The van der Waals surface area contributed by atoms with Crippen LogP contribution in [0.3, 0.4) is 0 Å². The molecule has 0 aromatic carbocycles. The molecule has 0 spiro atoms. The molecule has 18 heavy (non-hydrogen) atoms. The van der Waals surface area contributed by atoms with Gasteiger partial charge in [0.15, 0.2) is 0 Å². The van der Waals surface area contributed by atoms with Gasteiger partial charge in [-0.05, 0) is 22.6 Å². The van der Waals surface area contributed by atoms with Crippen molar-refractivity contribution in [2.75, 3.05) is 6.54 Å². The Morgan fingerprint density at radius 2 is 2.39 bits per heavy atom. The molecular formula is C11H15N5OS. The lowest BCUT2D eigenvalue weighted by molar-refractivity contribution is -0.122. The minimum absolute atomic E-state index is 0.0991. The first kappa shape index (κ1) is 12.7. The summed E-state index contributed by atoms with van der Waals surface area (Å²) in [5.41, 5.74) is 0.925. The number of nitrogens with zero attached hydrogens (tertiary/aromatic N) is 4. The number of nitrogens with one attached hydrogen (secondary N) is 1. The Morgan fingerprint density at radius 1 is 1.56 bits per heavy atom. The van der Waals surface area contributed by atoms with Crippen LogP contribution in [0.4, 0.5) is 0 Å². The van der Waals surface area contributed by atoms with E-state index in [1.54, 1.807) is 11.3 Å². The second-order valence-corrected chi connectivity index (χ2v) is 5.13. The van der Waals surface area contributed by atoms with Gasteiger partial charge in [-0.2, -0.15) is 16.1 Å². The Labute approximate surface area is 109 Å². The third kappa shape index (κ3) is 3.36. The molecule has 2 heterocycles. The van der Waals surface area contributed by atoms with Gasteiger partial charge in [0, 0.05) is 17.5 Å². The Morgan fingerprint density at radius 3 is 3.06 bits per heavy atom. The second kappa shape index (κ2) is 5.72. The van der Waals surface area contributed by atoms with E-state index in [-0.39, 0.29) is 12.5 Å². The van der Waals surface area contributed by atoms with E-state index in [4.69, 9.17) is 0 Å². The average molecular weight is 265 g/mol. The van der Waals surface area contributed by atoms with Gasteiger partial charge in [0.1, 0.15) is 6.54 Å². The number of amides is 1. The first-order valence-electron chi connectivity index (χ1n) is 5.72. The number of tetrazole rings is 1. The number of hydrogen-bond acceptors (Lipinski definition) is 5. The van der Waals surface area contributed by atoms with E-state index in [1.807, 2.05) is 30.7 Å². The van der Waals surface area contributed by atoms with Crippen molar-refractivity contribution in [3.63, 3.8) is 0 Å². The number of aromatic nitrogens is 4. The highest BCUT2D eigenvalue weighted by Gasteiger charge is 2.09. The molecule has 0 aliphatic carbocycles. The lowest BCUT2D eigenvalue weighted by Gasteiger charge is -2.06. The third-order valence-corrected chi connectivity index (χ3v) is 2.91. The zero-order valence-corrected chi connectivity index (χ0v) is 11.1. The van der Waals surface area contributed by atoms with Crippen LogP contribution in [-0.4, -0.2) is 32.7 Å². The highest BCUT2D eigenvalue weighted by Crippen LogP contribution is 2.16. The molecule has 0 radical (unpaired) electrons. The van der Waals surface area contributed by atoms with Crippen molar-refractivity contribution in [1.82, 2.24) is 25.5 Å². The zero-order chi connectivity index (χ0) is 13.0. The van der Waals surface area contributed by atoms with Gasteiger partial charge in [0.2, 0.25) is 11.7 Å². The van der Waals surface area contributed by atoms with Gasteiger partial charge in [0.25, 0.3) is 0 Å². The van der Waals surface area contributed by atoms with Crippen LogP contribution in [0, 0.1) is 5.92 Å². The largest absolute Gasteiger partial charge is 0.354 e. The standard InChI is InChI=1S/C11H15N5OS/c1-8(2)5-12-10(17)6-16-14-11(13-15-16)9-3-4-18-7-9/h3-4,7-8H,5-6H2,1-2H3,(H,12,17). The Hall–Kier alpha value is -1.76. The molecule has 2 aromatic rings. The van der Waals surface area contributed by atoms with Crippen LogP contribution in [-0.2, 0) is 11.3 Å². The number of thiophene rings is 1. The number of carbonyl (C=O) groups is 1. The SMILES string of the molecule is CC(C)CNC(=O)Cn1nnc(-c2ccsc2)n1. The van der Waals surface area contributed by atoms with Gasteiger partial charge in [-0.25, -0.2) is 0 Å². The Kier molecular flexibility index (Phi) is 4.03. The molecule has 1 N–H and O–H groups in total. The fraction of sp³-hybridized carbons (Fsp3) is 0.455. The average Bonchev–Trinajstić information content (AvgIpc) is 2.95. The van der Waals surface area contributed by atoms with Crippen molar-refractivity contribution < 1.29 is 4.79 Å². The molecule has 0 aliphatic rings. The van der Waals surface area contributed by atoms with Gasteiger partial charge >= 0.3 is 0 Å². The zero-order valence-electron chi connectivity index (χ0n) is 10.3. The molecule has 0 unspecified atom stereocenters. The molecule has 2 aromatic heterocycles. The summed E-state index contributed by atoms with van der Waals surface area (Å²) in [7, 11) is 0. The summed E-state index contributed by atoms with van der Waals surface area (Å²) in [6, 6.07) is 1.92. The number of carbonyl (C=O) groups excluding carboxylic acids is 1. The van der Waals surface area contributed by atoms with Crippen LogP contribution in [0.5, 0.6) is 0 Å². The van der Waals surface area contributed by atoms with Crippen molar-refractivity contribution >= 4 is 17.2 Å². The van der Waals surface area contributed by atoms with Crippen LogP contribution in [0.2, 0.25) is 0 Å². The minimum Gasteiger partial charge on any atom is -0.354 e. The summed E-state index contributed by atoms with van der Waals surface area (Å²) >= 11 is 1.57. The molecule has 1 amide bonds. The molecule has 0 fully saturated rings. The molecule has 0 bridgehead atoms. The normalized spacial score (nSPS) is 10.8. The predicted octanol–water partition coefficient (Wildman–Crippen LogP) is 1.17. The van der Waals surface area contributed by atoms with Crippen molar-refractivity contribution in [3.8, 4) is 11.4 Å². The summed E-state index contributed by atoms with van der Waals surface area (Å²) in [4.78, 5) is 12.9. The maximum Gasteiger partial charge on any atom is 0.243 e. The topological polar surface area (TPSA) is 72.7 Å². The Balaban J connectivity index is 1.93. The van der Waals surface area contributed by atoms with E-state index < -0.39 is 0 Å². The van der Waals surface area contributed by atoms with Crippen LogP contribution in [0.1, 0.15) is 13.8 Å². The molecule has 2 rings (SSSR count). The smallest absolute Gasteiger partial charge is 0.243 e. The predicted molar refractivity (Wildman–Crippen MR) is 69.0 cm³/mol. The van der Waals surface area contributed by atoms with E-state index in [0.717, 1.165) is 5.56 Å². The van der Waals surface area contributed by atoms with Gasteiger partial charge in [-0.1, -0.05) is 13.8 Å². The van der Waals surface area contributed by atoms with E-state index >= 15 is 0 Å². The molecule has 96 valence electrons. The number of hydrogen-bond donors (Lipinski definition) is 1. The van der Waals surface area contributed by atoms with E-state index in [1.165, 1.54) is 4.80 Å². The van der Waals surface area contributed by atoms with E-state index in [2.05, 4.69) is 20.7 Å². The highest BCUT2D eigenvalue weighted by atomic mass is 32.1. The molecule has 0 saturated carbocycles. The number of rotatable bonds is 5. The molecule has 0 saturated heterocycles. The van der Waals surface area contributed by atoms with Gasteiger partial charge in [-0.15, -0.1) is 10.2 Å². The lowest BCUT2D eigenvalue weighted by atomic mass is 10.2. The van der Waals surface area contributed by atoms with Gasteiger partial charge in [0.05, 0.1) is 0 Å². The van der Waals surface area contributed by atoms with E-state index in [0.29, 0.717) is 18.3 Å². The maximum absolute atomic E-state index is 11.6. The van der Waals surface area contributed by atoms with E-state index in [9.17, 15) is 4.79 Å². The van der Waals surface area contributed by atoms with Crippen LogP contribution >= 0.6 is 11.3 Å². The van der Waals surface area contributed by atoms with Crippen LogP contribution < -0.4 is 5.32 Å². The quantitative estimate of drug-likeness (QED) is 0.881. The lowest BCUT2D eigenvalue weighted by Crippen LogP contribution is -2.31. The first-order chi connectivity index (χ1) is 8.65. The molecule has 7 heteroatoms. The first-order valence-corrected chi connectivity index (χ1v) is 6.66. The fourth-order valence-corrected chi connectivity index (χ4v) is 1.95. The highest BCUT2D eigenvalue weighted by molar-refractivity contribution is 7.08. The van der Waals surface area contributed by atoms with Crippen molar-refractivity contribution in [3.05, 3.63) is 16.8 Å². The molecule has 0 atom stereocenters. The minimum atomic E-state index is -0.0991. The van der Waals surface area contributed by atoms with Crippen molar-refractivity contribution in [2.45, 2.75) is 20.4 Å². The molecular weight excluding hydrogens is 250 g/mol. The molecule has 6 nitrogen and oxygen atoms in total. The van der Waals surface area contributed by atoms with Gasteiger partial charge in [-0.3, -0.25) is 4.79 Å². The van der Waals surface area contributed by atoms with Crippen LogP contribution in [0.15, 0.2) is 16.8 Å². The maximum atomic E-state index is 11.6. The Bertz CT molecular complexity index is 505.